The predicted octanol–water partition coefficient (Wildman–Crippen LogP) is 3.10. The van der Waals surface area contributed by atoms with Gasteiger partial charge in [-0.2, -0.15) is 4.98 Å². The van der Waals surface area contributed by atoms with Crippen molar-refractivity contribution >= 4 is 40.9 Å². The van der Waals surface area contributed by atoms with E-state index in [0.717, 1.165) is 26.2 Å². The number of piperazine rings is 1. The third-order valence-electron chi connectivity index (χ3n) is 5.64. The monoisotopic (exact) mass is 487 g/mol. The van der Waals surface area contributed by atoms with E-state index in [1.807, 2.05) is 18.2 Å². The lowest BCUT2D eigenvalue weighted by molar-refractivity contribution is 0.0582. The van der Waals surface area contributed by atoms with Crippen LogP contribution in [0, 0.1) is 0 Å². The highest BCUT2D eigenvalue weighted by Crippen LogP contribution is 2.41. The minimum absolute atomic E-state index is 0. The molecule has 1 aromatic heterocycles. The van der Waals surface area contributed by atoms with Gasteiger partial charge in [-0.25, -0.2) is 4.98 Å². The van der Waals surface area contributed by atoms with E-state index in [9.17, 15) is 4.79 Å². The maximum Gasteiger partial charge on any atom is 0.227 e. The number of hydrogen-bond donors (Lipinski definition) is 2. The summed E-state index contributed by atoms with van der Waals surface area (Å²) in [5, 5.41) is 3.72. The van der Waals surface area contributed by atoms with Crippen LogP contribution in [0.1, 0.15) is 24.2 Å². The lowest BCUT2D eigenvalue weighted by Gasteiger charge is -2.29. The Morgan fingerprint density at radius 3 is 2.38 bits per heavy atom. The minimum atomic E-state index is -1.22. The molecule has 0 radical (unpaired) electrons. The highest BCUT2D eigenvalue weighted by molar-refractivity contribution is 6.16. The van der Waals surface area contributed by atoms with Crippen LogP contribution in [0.25, 0.3) is 10.9 Å². The number of anilines is 2. The number of carbonyl (C=O) groups is 1. The Morgan fingerprint density at radius 1 is 1.09 bits per heavy atom. The topological polar surface area (TPSA) is 112 Å². The number of methoxy groups -OCH3 is 2. The Bertz CT molecular complexity index is 1170. The molecule has 4 rings (SSSR count). The van der Waals surface area contributed by atoms with Gasteiger partial charge in [-0.15, -0.1) is 12.4 Å². The number of nitrogens with two attached hydrogens (primary N) is 1. The van der Waals surface area contributed by atoms with Crippen LogP contribution in [0.5, 0.6) is 17.2 Å². The molecular weight excluding hydrogens is 458 g/mol. The van der Waals surface area contributed by atoms with Crippen LogP contribution in [0.15, 0.2) is 36.4 Å². The summed E-state index contributed by atoms with van der Waals surface area (Å²) >= 11 is 0. The second kappa shape index (κ2) is 10.3. The van der Waals surface area contributed by atoms with Crippen LogP contribution in [-0.4, -0.2) is 61.8 Å². The van der Waals surface area contributed by atoms with Crippen LogP contribution in [0.3, 0.4) is 0 Å². The Balaban J connectivity index is 0.00000324. The molecule has 0 spiro atoms. The summed E-state index contributed by atoms with van der Waals surface area (Å²) in [6.07, 6.45) is 0. The lowest BCUT2D eigenvalue weighted by Crippen LogP contribution is -2.44. The number of Topliss-reactive ketones (excluding diaryl/α,β-unsaturated/α-hetero) is 1. The van der Waals surface area contributed by atoms with Crippen molar-refractivity contribution in [2.24, 2.45) is 0 Å². The van der Waals surface area contributed by atoms with E-state index in [2.05, 4.69) is 15.2 Å². The standard InChI is InChI=1S/C24H29N5O4.ClH/c1-24(2,33-15-8-6-5-7-9-15)21(30)19-18-16(14-17(31-3)20(19)32-4)27-23(28-22(18)25)29-12-10-26-11-13-29;/h5-9,14,26H,10-13H2,1-4H3,(H2,25,27,28);1H. The van der Waals surface area contributed by atoms with Crippen LogP contribution < -0.4 is 30.2 Å². The molecule has 2 aromatic carbocycles. The van der Waals surface area contributed by atoms with E-state index in [-0.39, 0.29) is 35.3 Å². The van der Waals surface area contributed by atoms with Gasteiger partial charge in [-0.1, -0.05) is 18.2 Å². The fourth-order valence-electron chi connectivity index (χ4n) is 3.98. The SMILES string of the molecule is COc1cc2nc(N3CCNCC3)nc(N)c2c(C(=O)C(C)(C)Oc2ccccc2)c1OC.Cl. The summed E-state index contributed by atoms with van der Waals surface area (Å²) in [6.45, 7) is 6.62. The molecule has 9 nitrogen and oxygen atoms in total. The van der Waals surface area contributed by atoms with E-state index in [0.29, 0.717) is 28.4 Å². The fourth-order valence-corrected chi connectivity index (χ4v) is 3.98. The molecule has 3 aromatic rings. The maximum atomic E-state index is 13.9. The lowest BCUT2D eigenvalue weighted by atomic mass is 9.92. The molecule has 0 atom stereocenters. The van der Waals surface area contributed by atoms with Gasteiger partial charge in [0.25, 0.3) is 0 Å². The number of halogens is 1. The minimum Gasteiger partial charge on any atom is -0.493 e. The predicted molar refractivity (Wildman–Crippen MR) is 135 cm³/mol. The zero-order chi connectivity index (χ0) is 23.6. The number of ether oxygens (including phenoxy) is 3. The molecule has 0 aliphatic carbocycles. The molecular formula is C24H30ClN5O4. The van der Waals surface area contributed by atoms with Gasteiger partial charge in [0.2, 0.25) is 11.7 Å². The molecule has 1 aliphatic heterocycles. The number of benzene rings is 2. The molecule has 10 heteroatoms. The normalized spacial score (nSPS) is 13.8. The van der Waals surface area contributed by atoms with Crippen molar-refractivity contribution in [3.8, 4) is 17.2 Å². The molecule has 0 unspecified atom stereocenters. The van der Waals surface area contributed by atoms with Gasteiger partial charge in [0, 0.05) is 32.2 Å². The van der Waals surface area contributed by atoms with Crippen molar-refractivity contribution in [3.63, 3.8) is 0 Å². The van der Waals surface area contributed by atoms with Gasteiger partial charge in [0.15, 0.2) is 17.1 Å². The van der Waals surface area contributed by atoms with Crippen LogP contribution in [0.4, 0.5) is 11.8 Å². The Morgan fingerprint density at radius 2 is 1.76 bits per heavy atom. The van der Waals surface area contributed by atoms with E-state index in [4.69, 9.17) is 24.9 Å². The van der Waals surface area contributed by atoms with Gasteiger partial charge in [-0.05, 0) is 26.0 Å². The first kappa shape index (κ1) is 25.3. The molecule has 34 heavy (non-hydrogen) atoms. The third-order valence-corrected chi connectivity index (χ3v) is 5.64. The number of hydrogen-bond acceptors (Lipinski definition) is 9. The number of ketones is 1. The first-order valence-electron chi connectivity index (χ1n) is 10.8. The fraction of sp³-hybridized carbons (Fsp3) is 0.375. The summed E-state index contributed by atoms with van der Waals surface area (Å²) in [7, 11) is 3.00. The molecule has 2 heterocycles. The Hall–Kier alpha value is -3.30. The number of fused-ring (bicyclic) bond motifs is 1. The number of aromatic nitrogens is 2. The molecule has 0 bridgehead atoms. The van der Waals surface area contributed by atoms with E-state index >= 15 is 0 Å². The first-order chi connectivity index (χ1) is 15.9. The number of rotatable bonds is 7. The molecule has 3 N–H and O–H groups in total. The number of nitrogens with one attached hydrogen (secondary N) is 1. The van der Waals surface area contributed by atoms with Crippen molar-refractivity contribution in [2.75, 3.05) is 51.0 Å². The molecule has 0 saturated carbocycles. The quantitative estimate of drug-likeness (QED) is 0.485. The zero-order valence-electron chi connectivity index (χ0n) is 19.8. The number of carbonyl (C=O) groups excluding carboxylic acids is 1. The van der Waals surface area contributed by atoms with Crippen molar-refractivity contribution < 1.29 is 19.0 Å². The summed E-state index contributed by atoms with van der Waals surface area (Å²) in [5.74, 6) is 1.63. The molecule has 182 valence electrons. The Labute approximate surface area is 205 Å². The summed E-state index contributed by atoms with van der Waals surface area (Å²) in [4.78, 5) is 25.2. The molecule has 0 amide bonds. The summed E-state index contributed by atoms with van der Waals surface area (Å²) in [5.41, 5.74) is 5.95. The van der Waals surface area contributed by atoms with Crippen molar-refractivity contribution in [3.05, 3.63) is 42.0 Å². The zero-order valence-corrected chi connectivity index (χ0v) is 20.6. The average molecular weight is 488 g/mol. The smallest absolute Gasteiger partial charge is 0.227 e. The summed E-state index contributed by atoms with van der Waals surface area (Å²) < 4.78 is 17.2. The van der Waals surface area contributed by atoms with E-state index < -0.39 is 5.60 Å². The highest BCUT2D eigenvalue weighted by Gasteiger charge is 2.37. The van der Waals surface area contributed by atoms with Gasteiger partial charge in [0.1, 0.15) is 11.6 Å². The van der Waals surface area contributed by atoms with Gasteiger partial charge >= 0.3 is 0 Å². The van der Waals surface area contributed by atoms with Crippen molar-refractivity contribution in [2.45, 2.75) is 19.4 Å². The van der Waals surface area contributed by atoms with Crippen LogP contribution in [-0.2, 0) is 0 Å². The van der Waals surface area contributed by atoms with Crippen LogP contribution in [0.2, 0.25) is 0 Å². The largest absolute Gasteiger partial charge is 0.493 e. The number of para-hydroxylation sites is 1. The van der Waals surface area contributed by atoms with Crippen molar-refractivity contribution in [1.82, 2.24) is 15.3 Å². The van der Waals surface area contributed by atoms with Crippen molar-refractivity contribution in [1.29, 1.82) is 0 Å². The number of nitrogen functional groups attached to an aromatic ring is 1. The van der Waals surface area contributed by atoms with Crippen LogP contribution >= 0.6 is 12.4 Å². The molecule has 1 saturated heterocycles. The average Bonchev–Trinajstić information content (AvgIpc) is 2.83. The maximum absolute atomic E-state index is 13.9. The second-order valence-corrected chi connectivity index (χ2v) is 8.28. The number of nitrogens with zero attached hydrogens (tertiary/aromatic N) is 3. The van der Waals surface area contributed by atoms with E-state index in [1.54, 1.807) is 32.0 Å². The summed E-state index contributed by atoms with van der Waals surface area (Å²) in [6, 6.07) is 10.9. The molecule has 1 fully saturated rings. The highest BCUT2D eigenvalue weighted by atomic mass is 35.5. The third kappa shape index (κ3) is 4.80. The Kier molecular flexibility index (Phi) is 7.68. The van der Waals surface area contributed by atoms with Gasteiger partial charge in [-0.3, -0.25) is 4.79 Å². The van der Waals surface area contributed by atoms with Gasteiger partial charge in [0.05, 0.1) is 30.7 Å². The molecule has 1 aliphatic rings. The second-order valence-electron chi connectivity index (χ2n) is 8.28. The van der Waals surface area contributed by atoms with Gasteiger partial charge < -0.3 is 30.2 Å². The van der Waals surface area contributed by atoms with E-state index in [1.165, 1.54) is 14.2 Å². The first-order valence-corrected chi connectivity index (χ1v) is 10.8.